The van der Waals surface area contributed by atoms with Crippen molar-refractivity contribution < 1.29 is 9.18 Å². The summed E-state index contributed by atoms with van der Waals surface area (Å²) in [4.78, 5) is 12.1. The van der Waals surface area contributed by atoms with Gasteiger partial charge in [-0.3, -0.25) is 4.79 Å². The maximum atomic E-state index is 13.5. The van der Waals surface area contributed by atoms with Gasteiger partial charge in [0, 0.05) is 5.56 Å². The molecule has 0 aliphatic carbocycles. The fourth-order valence-electron chi connectivity index (χ4n) is 1.49. The van der Waals surface area contributed by atoms with Crippen LogP contribution in [0.15, 0.2) is 36.4 Å². The number of carbonyl (C=O) groups is 1. The van der Waals surface area contributed by atoms with Gasteiger partial charge < -0.3 is 0 Å². The summed E-state index contributed by atoms with van der Waals surface area (Å²) in [5.41, 5.74) is 0.0638. The maximum absolute atomic E-state index is 13.5. The fourth-order valence-corrected chi connectivity index (χ4v) is 2.12. The molecule has 2 aromatic rings. The molecule has 0 fully saturated rings. The number of hydrogen-bond acceptors (Lipinski definition) is 1. The van der Waals surface area contributed by atoms with Gasteiger partial charge in [0.05, 0.1) is 20.6 Å². The zero-order valence-electron chi connectivity index (χ0n) is 8.88. The van der Waals surface area contributed by atoms with Crippen molar-refractivity contribution in [1.29, 1.82) is 0 Å². The van der Waals surface area contributed by atoms with E-state index < -0.39 is 11.6 Å². The third-order valence-electron chi connectivity index (χ3n) is 2.37. The van der Waals surface area contributed by atoms with Crippen molar-refractivity contribution in [3.63, 3.8) is 0 Å². The quantitative estimate of drug-likeness (QED) is 0.562. The molecule has 92 valence electrons. The summed E-state index contributed by atoms with van der Waals surface area (Å²) in [5, 5.41) is 0.574. The molecule has 0 saturated heterocycles. The molecule has 2 aromatic carbocycles. The Hall–Kier alpha value is -1.09. The smallest absolute Gasteiger partial charge is 0.197 e. The van der Waals surface area contributed by atoms with Gasteiger partial charge in [-0.2, -0.15) is 0 Å². The number of hydrogen-bond donors (Lipinski definition) is 0. The van der Waals surface area contributed by atoms with E-state index in [0.29, 0.717) is 0 Å². The monoisotopic (exact) mass is 302 g/mol. The van der Waals surface area contributed by atoms with Crippen LogP contribution in [0.3, 0.4) is 0 Å². The first kappa shape index (κ1) is 13.3. The van der Waals surface area contributed by atoms with Crippen molar-refractivity contribution in [2.75, 3.05) is 0 Å². The van der Waals surface area contributed by atoms with Crippen LogP contribution >= 0.6 is 34.8 Å². The lowest BCUT2D eigenvalue weighted by molar-refractivity contribution is 0.103. The van der Waals surface area contributed by atoms with Crippen LogP contribution in [0.5, 0.6) is 0 Å². The first-order valence-corrected chi connectivity index (χ1v) is 6.08. The SMILES string of the molecule is O=C(c1ccccc1F)c1cc(Cl)c(Cl)cc1Cl. The van der Waals surface area contributed by atoms with Gasteiger partial charge in [0.25, 0.3) is 0 Å². The molecule has 0 unspecified atom stereocenters. The Balaban J connectivity index is 2.53. The lowest BCUT2D eigenvalue weighted by atomic mass is 10.0. The van der Waals surface area contributed by atoms with E-state index in [0.717, 1.165) is 0 Å². The molecule has 5 heteroatoms. The zero-order valence-corrected chi connectivity index (χ0v) is 11.2. The third-order valence-corrected chi connectivity index (χ3v) is 3.41. The van der Waals surface area contributed by atoms with Crippen LogP contribution in [0, 0.1) is 5.82 Å². The van der Waals surface area contributed by atoms with E-state index in [1.165, 1.54) is 30.3 Å². The summed E-state index contributed by atoms with van der Waals surface area (Å²) < 4.78 is 13.5. The standard InChI is InChI=1S/C13H6Cl3FO/c14-9-6-11(16)10(15)5-8(9)13(18)7-3-1-2-4-12(7)17/h1-6H. The van der Waals surface area contributed by atoms with Crippen LogP contribution in [0.4, 0.5) is 4.39 Å². The first-order valence-electron chi connectivity index (χ1n) is 4.94. The minimum Gasteiger partial charge on any atom is -0.288 e. The number of ketones is 1. The Labute approximate surface area is 118 Å². The summed E-state index contributed by atoms with van der Waals surface area (Å²) >= 11 is 17.5. The molecular weight excluding hydrogens is 297 g/mol. The molecular formula is C13H6Cl3FO. The molecule has 0 spiro atoms. The van der Waals surface area contributed by atoms with Crippen LogP contribution < -0.4 is 0 Å². The van der Waals surface area contributed by atoms with E-state index >= 15 is 0 Å². The molecule has 2 rings (SSSR count). The molecule has 0 heterocycles. The van der Waals surface area contributed by atoms with Gasteiger partial charge >= 0.3 is 0 Å². The molecule has 0 amide bonds. The van der Waals surface area contributed by atoms with Gasteiger partial charge in [-0.1, -0.05) is 46.9 Å². The molecule has 0 saturated carbocycles. The van der Waals surface area contributed by atoms with E-state index in [1.807, 2.05) is 0 Å². The summed E-state index contributed by atoms with van der Waals surface area (Å²) in [7, 11) is 0. The molecule has 0 aliphatic heterocycles. The third kappa shape index (κ3) is 2.51. The summed E-state index contributed by atoms with van der Waals surface area (Å²) in [5.74, 6) is -1.14. The second-order valence-electron chi connectivity index (χ2n) is 3.56. The second kappa shape index (κ2) is 5.27. The Morgan fingerprint density at radius 3 is 2.17 bits per heavy atom. The zero-order chi connectivity index (χ0) is 13.3. The van der Waals surface area contributed by atoms with Crippen molar-refractivity contribution >= 4 is 40.6 Å². The van der Waals surface area contributed by atoms with Crippen LogP contribution in [0.25, 0.3) is 0 Å². The van der Waals surface area contributed by atoms with Gasteiger partial charge in [-0.05, 0) is 24.3 Å². The highest BCUT2D eigenvalue weighted by Crippen LogP contribution is 2.30. The molecule has 0 atom stereocenters. The van der Waals surface area contributed by atoms with E-state index in [9.17, 15) is 9.18 Å². The number of carbonyl (C=O) groups excluding carboxylic acids is 1. The highest BCUT2D eigenvalue weighted by atomic mass is 35.5. The lowest BCUT2D eigenvalue weighted by Gasteiger charge is -2.06. The van der Waals surface area contributed by atoms with Crippen LogP contribution in [-0.4, -0.2) is 5.78 Å². The van der Waals surface area contributed by atoms with Crippen LogP contribution in [-0.2, 0) is 0 Å². The minimum absolute atomic E-state index is 0.0576. The van der Waals surface area contributed by atoms with Crippen molar-refractivity contribution in [1.82, 2.24) is 0 Å². The first-order chi connectivity index (χ1) is 8.50. The average Bonchev–Trinajstić information content (AvgIpc) is 2.33. The van der Waals surface area contributed by atoms with Gasteiger partial charge in [-0.25, -0.2) is 4.39 Å². The average molecular weight is 304 g/mol. The van der Waals surface area contributed by atoms with E-state index in [1.54, 1.807) is 6.07 Å². The van der Waals surface area contributed by atoms with E-state index in [4.69, 9.17) is 34.8 Å². The predicted molar refractivity (Wildman–Crippen MR) is 71.3 cm³/mol. The minimum atomic E-state index is -0.607. The van der Waals surface area contributed by atoms with Crippen molar-refractivity contribution in [2.24, 2.45) is 0 Å². The second-order valence-corrected chi connectivity index (χ2v) is 4.78. The molecule has 18 heavy (non-hydrogen) atoms. The molecule has 1 nitrogen and oxygen atoms in total. The van der Waals surface area contributed by atoms with Gasteiger partial charge in [0.2, 0.25) is 0 Å². The van der Waals surface area contributed by atoms with Gasteiger partial charge in [-0.15, -0.1) is 0 Å². The summed E-state index contributed by atoms with van der Waals surface area (Å²) in [6.45, 7) is 0. The highest BCUT2D eigenvalue weighted by Gasteiger charge is 2.18. The summed E-state index contributed by atoms with van der Waals surface area (Å²) in [6, 6.07) is 8.36. The number of benzene rings is 2. The Morgan fingerprint density at radius 1 is 0.889 bits per heavy atom. The topological polar surface area (TPSA) is 17.1 Å². The summed E-state index contributed by atoms with van der Waals surface area (Å²) in [6.07, 6.45) is 0. The molecule has 0 N–H and O–H groups in total. The maximum Gasteiger partial charge on any atom is 0.197 e. The van der Waals surface area contributed by atoms with Crippen LogP contribution in [0.1, 0.15) is 15.9 Å². The molecule has 0 radical (unpaired) electrons. The van der Waals surface area contributed by atoms with E-state index in [2.05, 4.69) is 0 Å². The van der Waals surface area contributed by atoms with Crippen molar-refractivity contribution in [3.8, 4) is 0 Å². The lowest BCUT2D eigenvalue weighted by Crippen LogP contribution is -2.05. The van der Waals surface area contributed by atoms with Gasteiger partial charge in [0.15, 0.2) is 5.78 Å². The molecule has 0 aromatic heterocycles. The van der Waals surface area contributed by atoms with Crippen LogP contribution in [0.2, 0.25) is 15.1 Å². The Kier molecular flexibility index (Phi) is 3.91. The number of halogens is 4. The molecule has 0 aliphatic rings. The fraction of sp³-hybridized carbons (Fsp3) is 0. The van der Waals surface area contributed by atoms with Crippen molar-refractivity contribution in [3.05, 3.63) is 68.4 Å². The number of rotatable bonds is 2. The van der Waals surface area contributed by atoms with Gasteiger partial charge in [0.1, 0.15) is 5.82 Å². The van der Waals surface area contributed by atoms with E-state index in [-0.39, 0.29) is 26.2 Å². The largest absolute Gasteiger partial charge is 0.288 e. The Bertz CT molecular complexity index is 626. The Morgan fingerprint density at radius 2 is 1.50 bits per heavy atom. The predicted octanol–water partition coefficient (Wildman–Crippen LogP) is 5.02. The van der Waals surface area contributed by atoms with Crippen molar-refractivity contribution in [2.45, 2.75) is 0 Å². The highest BCUT2D eigenvalue weighted by molar-refractivity contribution is 6.44. The molecule has 0 bridgehead atoms. The normalized spacial score (nSPS) is 10.4.